The summed E-state index contributed by atoms with van der Waals surface area (Å²) < 4.78 is 7.19. The summed E-state index contributed by atoms with van der Waals surface area (Å²) in [6.45, 7) is 8.28. The summed E-state index contributed by atoms with van der Waals surface area (Å²) in [6.07, 6.45) is 4.56. The van der Waals surface area contributed by atoms with Gasteiger partial charge in [-0.3, -0.25) is 9.48 Å². The van der Waals surface area contributed by atoms with Crippen LogP contribution in [0.5, 0.6) is 0 Å². The van der Waals surface area contributed by atoms with E-state index < -0.39 is 5.97 Å². The van der Waals surface area contributed by atoms with E-state index in [0.717, 1.165) is 41.5 Å². The van der Waals surface area contributed by atoms with Gasteiger partial charge in [0, 0.05) is 30.2 Å². The molecule has 7 heteroatoms. The maximum atomic E-state index is 12.9. The van der Waals surface area contributed by atoms with Gasteiger partial charge in [0.2, 0.25) is 0 Å². The number of benzene rings is 1. The number of aryl methyl sites for hydroxylation is 1. The largest absolute Gasteiger partial charge is 0.459 e. The van der Waals surface area contributed by atoms with Crippen LogP contribution in [0.2, 0.25) is 0 Å². The molecule has 0 aliphatic carbocycles. The summed E-state index contributed by atoms with van der Waals surface area (Å²) in [5, 5.41) is 8.06. The van der Waals surface area contributed by atoms with Crippen LogP contribution in [-0.4, -0.2) is 39.3 Å². The zero-order valence-corrected chi connectivity index (χ0v) is 18.9. The number of amides is 1. The van der Waals surface area contributed by atoms with Gasteiger partial charge in [-0.15, -0.1) is 0 Å². The van der Waals surface area contributed by atoms with Gasteiger partial charge in [0.05, 0.1) is 23.4 Å². The number of esters is 1. The average molecular weight is 423 g/mol. The molecule has 164 valence electrons. The second-order valence-electron chi connectivity index (χ2n) is 7.94. The number of unbranched alkanes of at least 4 members (excludes halogenated alkanes) is 2. The maximum Gasteiger partial charge on any atom is 0.340 e. The SMILES string of the molecule is CCCCCNC(=O)c1cc(-c2cnn(C)c2C)c2cccc(C(=O)OC(C)C)c2n1. The number of rotatable bonds is 8. The van der Waals surface area contributed by atoms with E-state index in [9.17, 15) is 9.59 Å². The molecule has 0 fully saturated rings. The van der Waals surface area contributed by atoms with Gasteiger partial charge in [0.15, 0.2) is 0 Å². The zero-order chi connectivity index (χ0) is 22.5. The topological polar surface area (TPSA) is 86.1 Å². The highest BCUT2D eigenvalue weighted by atomic mass is 16.5. The molecule has 7 nitrogen and oxygen atoms in total. The summed E-state index contributed by atoms with van der Waals surface area (Å²) >= 11 is 0. The molecule has 1 amide bonds. The van der Waals surface area contributed by atoms with Crippen molar-refractivity contribution in [1.29, 1.82) is 0 Å². The fourth-order valence-corrected chi connectivity index (χ4v) is 3.46. The number of pyridine rings is 1. The molecular formula is C24H30N4O3. The number of carbonyl (C=O) groups excluding carboxylic acids is 2. The quantitative estimate of drug-likeness (QED) is 0.429. The number of hydrogen-bond acceptors (Lipinski definition) is 5. The van der Waals surface area contributed by atoms with Crippen LogP contribution >= 0.6 is 0 Å². The van der Waals surface area contributed by atoms with Gasteiger partial charge < -0.3 is 10.1 Å². The van der Waals surface area contributed by atoms with Crippen LogP contribution in [0.15, 0.2) is 30.5 Å². The van der Waals surface area contributed by atoms with Gasteiger partial charge in [0.25, 0.3) is 5.91 Å². The first kappa shape index (κ1) is 22.5. The highest BCUT2D eigenvalue weighted by Crippen LogP contribution is 2.32. The van der Waals surface area contributed by atoms with Crippen LogP contribution in [0, 0.1) is 6.92 Å². The lowest BCUT2D eigenvalue weighted by molar-refractivity contribution is 0.0380. The van der Waals surface area contributed by atoms with Crippen molar-refractivity contribution in [2.75, 3.05) is 6.54 Å². The van der Waals surface area contributed by atoms with Crippen LogP contribution in [0.3, 0.4) is 0 Å². The van der Waals surface area contributed by atoms with Crippen molar-refractivity contribution in [3.05, 3.63) is 47.4 Å². The Morgan fingerprint density at radius 2 is 1.97 bits per heavy atom. The molecular weight excluding hydrogens is 392 g/mol. The normalized spacial score (nSPS) is 11.2. The molecule has 0 unspecified atom stereocenters. The molecule has 0 spiro atoms. The van der Waals surface area contributed by atoms with Crippen molar-refractivity contribution in [3.63, 3.8) is 0 Å². The Hall–Kier alpha value is -3.22. The Morgan fingerprint density at radius 3 is 2.61 bits per heavy atom. The van der Waals surface area contributed by atoms with Gasteiger partial charge in [-0.25, -0.2) is 9.78 Å². The molecule has 31 heavy (non-hydrogen) atoms. The Labute approximate surface area is 182 Å². The molecule has 0 saturated heterocycles. The number of fused-ring (bicyclic) bond motifs is 1. The van der Waals surface area contributed by atoms with Gasteiger partial charge in [-0.1, -0.05) is 31.9 Å². The molecule has 0 aliphatic rings. The summed E-state index contributed by atoms with van der Waals surface area (Å²) in [6, 6.07) is 7.17. The Kier molecular flexibility index (Phi) is 7.05. The van der Waals surface area contributed by atoms with Gasteiger partial charge in [-0.05, 0) is 44.9 Å². The minimum absolute atomic E-state index is 0.257. The van der Waals surface area contributed by atoms with Crippen molar-refractivity contribution in [2.45, 2.75) is 53.1 Å². The third-order valence-electron chi connectivity index (χ3n) is 5.23. The number of carbonyl (C=O) groups is 2. The smallest absolute Gasteiger partial charge is 0.340 e. The summed E-state index contributed by atoms with van der Waals surface area (Å²) in [5.41, 5.74) is 3.73. The minimum Gasteiger partial charge on any atom is -0.459 e. The van der Waals surface area contributed by atoms with Gasteiger partial charge in [0.1, 0.15) is 5.69 Å². The number of nitrogens with zero attached hydrogens (tertiary/aromatic N) is 3. The number of hydrogen-bond donors (Lipinski definition) is 1. The summed E-state index contributed by atoms with van der Waals surface area (Å²) in [7, 11) is 1.87. The highest BCUT2D eigenvalue weighted by molar-refractivity contribution is 6.09. The number of para-hydroxylation sites is 1. The lowest BCUT2D eigenvalue weighted by atomic mass is 9.98. The number of ether oxygens (including phenoxy) is 1. The molecule has 2 heterocycles. The second-order valence-corrected chi connectivity index (χ2v) is 7.94. The van der Waals surface area contributed by atoms with E-state index in [1.54, 1.807) is 42.9 Å². The molecule has 2 aromatic heterocycles. The molecule has 0 saturated carbocycles. The monoisotopic (exact) mass is 422 g/mol. The van der Waals surface area contributed by atoms with E-state index in [-0.39, 0.29) is 17.7 Å². The van der Waals surface area contributed by atoms with E-state index in [2.05, 4.69) is 22.3 Å². The molecule has 3 aromatic rings. The van der Waals surface area contributed by atoms with E-state index in [1.165, 1.54) is 0 Å². The first-order valence-electron chi connectivity index (χ1n) is 10.7. The van der Waals surface area contributed by atoms with Crippen molar-refractivity contribution in [3.8, 4) is 11.1 Å². The Balaban J connectivity index is 2.15. The van der Waals surface area contributed by atoms with E-state index >= 15 is 0 Å². The van der Waals surface area contributed by atoms with Crippen LogP contribution in [0.25, 0.3) is 22.0 Å². The number of aromatic nitrogens is 3. The third kappa shape index (κ3) is 4.93. The Bertz CT molecular complexity index is 1100. The molecule has 0 bridgehead atoms. The molecule has 0 aliphatic heterocycles. The van der Waals surface area contributed by atoms with Crippen molar-refractivity contribution < 1.29 is 14.3 Å². The predicted octanol–water partition coefficient (Wildman–Crippen LogP) is 4.43. The van der Waals surface area contributed by atoms with Crippen LogP contribution in [-0.2, 0) is 11.8 Å². The third-order valence-corrected chi connectivity index (χ3v) is 5.23. The highest BCUT2D eigenvalue weighted by Gasteiger charge is 2.21. The summed E-state index contributed by atoms with van der Waals surface area (Å²) in [5.74, 6) is -0.713. The van der Waals surface area contributed by atoms with Crippen LogP contribution < -0.4 is 5.32 Å². The van der Waals surface area contributed by atoms with E-state index in [1.807, 2.05) is 20.0 Å². The molecule has 0 radical (unpaired) electrons. The molecule has 3 rings (SSSR count). The van der Waals surface area contributed by atoms with E-state index in [4.69, 9.17) is 4.74 Å². The zero-order valence-electron chi connectivity index (χ0n) is 18.9. The minimum atomic E-state index is -0.456. The fraction of sp³-hybridized carbons (Fsp3) is 0.417. The first-order valence-corrected chi connectivity index (χ1v) is 10.7. The van der Waals surface area contributed by atoms with Crippen molar-refractivity contribution >= 4 is 22.8 Å². The first-order chi connectivity index (χ1) is 14.8. The lowest BCUT2D eigenvalue weighted by Gasteiger charge is -2.14. The molecule has 1 aromatic carbocycles. The van der Waals surface area contributed by atoms with Crippen molar-refractivity contribution in [2.24, 2.45) is 7.05 Å². The average Bonchev–Trinajstić information content (AvgIpc) is 3.07. The predicted molar refractivity (Wildman–Crippen MR) is 121 cm³/mol. The van der Waals surface area contributed by atoms with Crippen molar-refractivity contribution in [1.82, 2.24) is 20.1 Å². The fourth-order valence-electron chi connectivity index (χ4n) is 3.46. The molecule has 1 N–H and O–H groups in total. The van der Waals surface area contributed by atoms with Gasteiger partial charge >= 0.3 is 5.97 Å². The summed E-state index contributed by atoms with van der Waals surface area (Å²) in [4.78, 5) is 30.2. The maximum absolute atomic E-state index is 12.9. The standard InChI is InChI=1S/C24H30N4O3/c1-6-7-8-12-25-23(29)21-13-19(20-14-26-28(5)16(20)4)17-10-9-11-18(22(17)27-21)24(30)31-15(2)3/h9-11,13-15H,6-8,12H2,1-5H3,(H,25,29). The van der Waals surface area contributed by atoms with Crippen LogP contribution in [0.4, 0.5) is 0 Å². The van der Waals surface area contributed by atoms with E-state index in [0.29, 0.717) is 17.6 Å². The van der Waals surface area contributed by atoms with Gasteiger partial charge in [-0.2, -0.15) is 5.10 Å². The number of nitrogens with one attached hydrogen (secondary N) is 1. The van der Waals surface area contributed by atoms with Crippen LogP contribution in [0.1, 0.15) is 66.6 Å². The second kappa shape index (κ2) is 9.73. The lowest BCUT2D eigenvalue weighted by Crippen LogP contribution is -2.25. The Morgan fingerprint density at radius 1 is 1.19 bits per heavy atom. The molecule has 0 atom stereocenters.